The Balaban J connectivity index is 2.15. The smallest absolute Gasteiger partial charge is 0.232 e. The number of ether oxygens (including phenoxy) is 1. The summed E-state index contributed by atoms with van der Waals surface area (Å²) in [6.45, 7) is 2.45. The molecule has 0 radical (unpaired) electrons. The molecule has 0 N–H and O–H groups in total. The number of pyridine rings is 1. The molecule has 0 saturated carbocycles. The Morgan fingerprint density at radius 3 is 2.76 bits per heavy atom. The van der Waals surface area contributed by atoms with Gasteiger partial charge in [0.2, 0.25) is 9.05 Å². The first-order valence-corrected chi connectivity index (χ1v) is 7.93. The number of rotatable bonds is 7. The van der Waals surface area contributed by atoms with E-state index in [1.807, 2.05) is 19.1 Å². The summed E-state index contributed by atoms with van der Waals surface area (Å²) in [5.41, 5.74) is 0.857. The molecule has 0 unspecified atom stereocenters. The van der Waals surface area contributed by atoms with Crippen LogP contribution in [0.3, 0.4) is 0 Å². The zero-order valence-electron chi connectivity index (χ0n) is 9.73. The van der Waals surface area contributed by atoms with Gasteiger partial charge < -0.3 is 4.74 Å². The van der Waals surface area contributed by atoms with Gasteiger partial charge in [0.15, 0.2) is 0 Å². The maximum absolute atomic E-state index is 10.7. The van der Waals surface area contributed by atoms with E-state index in [1.165, 1.54) is 0 Å². The monoisotopic (exact) mass is 277 g/mol. The van der Waals surface area contributed by atoms with Crippen molar-refractivity contribution in [3.05, 3.63) is 24.0 Å². The fraction of sp³-hybridized carbons (Fsp3) is 0.545. The number of unbranched alkanes of at least 4 members (excludes halogenated alkanes) is 2. The Labute approximate surface area is 106 Å². The van der Waals surface area contributed by atoms with Crippen LogP contribution >= 0.6 is 10.7 Å². The second kappa shape index (κ2) is 6.81. The van der Waals surface area contributed by atoms with Gasteiger partial charge >= 0.3 is 0 Å². The predicted molar refractivity (Wildman–Crippen MR) is 68.0 cm³/mol. The summed E-state index contributed by atoms with van der Waals surface area (Å²) in [6, 6.07) is 3.69. The van der Waals surface area contributed by atoms with Gasteiger partial charge in [0.25, 0.3) is 0 Å². The first kappa shape index (κ1) is 14.3. The SMILES string of the molecule is Cc1ncccc1OCCCCCS(=O)(=O)Cl. The number of aryl methyl sites for hydroxylation is 1. The molecule has 1 aromatic heterocycles. The van der Waals surface area contributed by atoms with Gasteiger partial charge in [-0.3, -0.25) is 4.98 Å². The van der Waals surface area contributed by atoms with E-state index in [9.17, 15) is 8.42 Å². The largest absolute Gasteiger partial charge is 0.492 e. The zero-order valence-corrected chi connectivity index (χ0v) is 11.3. The fourth-order valence-corrected chi connectivity index (χ4v) is 2.23. The van der Waals surface area contributed by atoms with Crippen LogP contribution in [0, 0.1) is 6.92 Å². The summed E-state index contributed by atoms with van der Waals surface area (Å²) >= 11 is 0. The van der Waals surface area contributed by atoms with E-state index in [4.69, 9.17) is 15.4 Å². The lowest BCUT2D eigenvalue weighted by molar-refractivity contribution is 0.303. The summed E-state index contributed by atoms with van der Waals surface area (Å²) in [6.07, 6.45) is 3.88. The molecule has 96 valence electrons. The van der Waals surface area contributed by atoms with Gasteiger partial charge in [-0.15, -0.1) is 0 Å². The summed E-state index contributed by atoms with van der Waals surface area (Å²) in [7, 11) is 1.75. The highest BCUT2D eigenvalue weighted by atomic mass is 35.7. The minimum absolute atomic E-state index is 0.0282. The summed E-state index contributed by atoms with van der Waals surface area (Å²) < 4.78 is 26.8. The Morgan fingerprint density at radius 1 is 1.35 bits per heavy atom. The second-order valence-corrected chi connectivity index (χ2v) is 6.64. The highest BCUT2D eigenvalue weighted by Gasteiger charge is 2.04. The van der Waals surface area contributed by atoms with Crippen molar-refractivity contribution in [1.82, 2.24) is 4.98 Å². The Bertz CT molecular complexity index is 448. The normalized spacial score (nSPS) is 11.4. The molecule has 4 nitrogen and oxygen atoms in total. The molecule has 17 heavy (non-hydrogen) atoms. The molecule has 6 heteroatoms. The molecule has 0 aromatic carbocycles. The lowest BCUT2D eigenvalue weighted by atomic mass is 10.2. The van der Waals surface area contributed by atoms with Gasteiger partial charge in [-0.05, 0) is 38.3 Å². The van der Waals surface area contributed by atoms with Crippen LogP contribution in [0.1, 0.15) is 25.0 Å². The third-order valence-electron chi connectivity index (χ3n) is 2.25. The van der Waals surface area contributed by atoms with Gasteiger partial charge in [-0.1, -0.05) is 0 Å². The Kier molecular flexibility index (Phi) is 5.71. The molecule has 0 saturated heterocycles. The van der Waals surface area contributed by atoms with Crippen LogP contribution in [0.15, 0.2) is 18.3 Å². The number of nitrogens with zero attached hydrogens (tertiary/aromatic N) is 1. The Morgan fingerprint density at radius 2 is 2.12 bits per heavy atom. The van der Waals surface area contributed by atoms with Gasteiger partial charge in [0.05, 0.1) is 18.1 Å². The van der Waals surface area contributed by atoms with Crippen molar-refractivity contribution in [1.29, 1.82) is 0 Å². The van der Waals surface area contributed by atoms with Crippen LogP contribution in [0.4, 0.5) is 0 Å². The quantitative estimate of drug-likeness (QED) is 0.568. The third kappa shape index (κ3) is 6.48. The molecule has 0 aliphatic rings. The molecule has 1 rings (SSSR count). The van der Waals surface area contributed by atoms with Gasteiger partial charge in [-0.25, -0.2) is 8.42 Å². The summed E-state index contributed by atoms with van der Waals surface area (Å²) in [5.74, 6) is 0.804. The maximum Gasteiger partial charge on any atom is 0.232 e. The highest BCUT2D eigenvalue weighted by molar-refractivity contribution is 8.13. The fourth-order valence-electron chi connectivity index (χ4n) is 1.36. The second-order valence-electron chi connectivity index (χ2n) is 3.74. The van der Waals surface area contributed by atoms with Crippen LogP contribution in [0.25, 0.3) is 0 Å². The van der Waals surface area contributed by atoms with Crippen LogP contribution in [-0.2, 0) is 9.05 Å². The van der Waals surface area contributed by atoms with Gasteiger partial charge in [0.1, 0.15) is 5.75 Å². The van der Waals surface area contributed by atoms with Gasteiger partial charge in [-0.2, -0.15) is 0 Å². The van der Waals surface area contributed by atoms with E-state index in [2.05, 4.69) is 4.98 Å². The zero-order chi connectivity index (χ0) is 12.7. The van der Waals surface area contributed by atoms with E-state index in [1.54, 1.807) is 6.20 Å². The number of hydrogen-bond acceptors (Lipinski definition) is 4. The first-order valence-electron chi connectivity index (χ1n) is 5.46. The number of aromatic nitrogens is 1. The molecule has 0 bridgehead atoms. The topological polar surface area (TPSA) is 56.3 Å². The van der Waals surface area contributed by atoms with Crippen molar-refractivity contribution in [2.75, 3.05) is 12.4 Å². The van der Waals surface area contributed by atoms with E-state index in [-0.39, 0.29) is 5.75 Å². The van der Waals surface area contributed by atoms with E-state index in [0.29, 0.717) is 13.0 Å². The predicted octanol–water partition coefficient (Wildman–Crippen LogP) is 2.51. The lowest BCUT2D eigenvalue weighted by Crippen LogP contribution is -2.02. The molecule has 0 amide bonds. The molecule has 0 aliphatic heterocycles. The average Bonchev–Trinajstić information content (AvgIpc) is 2.24. The van der Waals surface area contributed by atoms with Crippen molar-refractivity contribution < 1.29 is 13.2 Å². The molecule has 0 atom stereocenters. The van der Waals surface area contributed by atoms with Crippen LogP contribution < -0.4 is 4.74 Å². The highest BCUT2D eigenvalue weighted by Crippen LogP contribution is 2.14. The van der Waals surface area contributed by atoms with E-state index < -0.39 is 9.05 Å². The summed E-state index contributed by atoms with van der Waals surface area (Å²) in [5, 5.41) is 0. The molecular weight excluding hydrogens is 262 g/mol. The molecular formula is C11H16ClNO3S. The maximum atomic E-state index is 10.7. The standard InChI is InChI=1S/C11H16ClNO3S/c1-10-11(6-5-7-13-10)16-8-3-2-4-9-17(12,14)15/h5-7H,2-4,8-9H2,1H3. The van der Waals surface area contributed by atoms with E-state index in [0.717, 1.165) is 24.3 Å². The minimum Gasteiger partial charge on any atom is -0.492 e. The third-order valence-corrected chi connectivity index (χ3v) is 3.49. The first-order chi connectivity index (χ1) is 7.99. The molecule has 0 spiro atoms. The van der Waals surface area contributed by atoms with Crippen molar-refractivity contribution in [2.45, 2.75) is 26.2 Å². The molecule has 1 heterocycles. The van der Waals surface area contributed by atoms with E-state index >= 15 is 0 Å². The molecule has 0 fully saturated rings. The lowest BCUT2D eigenvalue weighted by Gasteiger charge is -2.07. The van der Waals surface area contributed by atoms with Gasteiger partial charge in [0, 0.05) is 16.9 Å². The minimum atomic E-state index is -3.35. The van der Waals surface area contributed by atoms with Crippen molar-refractivity contribution in [3.8, 4) is 5.75 Å². The Hall–Kier alpha value is -0.810. The van der Waals surface area contributed by atoms with Crippen LogP contribution in [0.2, 0.25) is 0 Å². The number of halogens is 1. The summed E-state index contributed by atoms with van der Waals surface area (Å²) in [4.78, 5) is 4.10. The van der Waals surface area contributed by atoms with Crippen molar-refractivity contribution >= 4 is 19.7 Å². The van der Waals surface area contributed by atoms with Crippen molar-refractivity contribution in [2.24, 2.45) is 0 Å². The van der Waals surface area contributed by atoms with Crippen LogP contribution in [0.5, 0.6) is 5.75 Å². The van der Waals surface area contributed by atoms with Crippen molar-refractivity contribution in [3.63, 3.8) is 0 Å². The number of hydrogen-bond donors (Lipinski definition) is 0. The van der Waals surface area contributed by atoms with Crippen LogP contribution in [-0.4, -0.2) is 25.8 Å². The average molecular weight is 278 g/mol. The molecule has 1 aromatic rings. The molecule has 0 aliphatic carbocycles.